The monoisotopic (exact) mass is 402 g/mol. The Labute approximate surface area is 168 Å². The number of aryl methyl sites for hydroxylation is 1. The molecule has 148 valence electrons. The molecule has 0 aromatic heterocycles. The van der Waals surface area contributed by atoms with Crippen molar-refractivity contribution in [2.45, 2.75) is 46.1 Å². The van der Waals surface area contributed by atoms with Gasteiger partial charge >= 0.3 is 5.97 Å². The number of carboxylic acid groups (broad SMARTS) is 1. The topological polar surface area (TPSA) is 43.8 Å². The summed E-state index contributed by atoms with van der Waals surface area (Å²) in [4.78, 5) is 15.5. The molecule has 0 bridgehead atoms. The zero-order valence-corrected chi connectivity index (χ0v) is 17.7. The summed E-state index contributed by atoms with van der Waals surface area (Å²) in [6.45, 7) is 10.0. The predicted molar refractivity (Wildman–Crippen MR) is 112 cm³/mol. The Kier molecular flexibility index (Phi) is 11.0. The van der Waals surface area contributed by atoms with Gasteiger partial charge in [-0.3, -0.25) is 9.69 Å². The molecule has 1 aromatic carbocycles. The minimum absolute atomic E-state index is 0.200. The molecule has 0 fully saturated rings. The van der Waals surface area contributed by atoms with Crippen LogP contribution in [0.2, 0.25) is 0 Å². The molecule has 0 aliphatic rings. The summed E-state index contributed by atoms with van der Waals surface area (Å²) in [5.41, 5.74) is 3.62. The van der Waals surface area contributed by atoms with E-state index in [2.05, 4.69) is 48.8 Å². The van der Waals surface area contributed by atoms with Crippen LogP contribution in [0.3, 0.4) is 0 Å². The lowest BCUT2D eigenvalue weighted by molar-refractivity contribution is -0.137. The second-order valence-corrected chi connectivity index (χ2v) is 7.15. The van der Waals surface area contributed by atoms with Gasteiger partial charge in [0.05, 0.1) is 0 Å². The molecule has 1 unspecified atom stereocenters. The maximum Gasteiger partial charge on any atom is 0.303 e. The zero-order valence-electron chi connectivity index (χ0n) is 16.2. The van der Waals surface area contributed by atoms with Gasteiger partial charge in [0.2, 0.25) is 0 Å². The van der Waals surface area contributed by atoms with E-state index in [0.717, 1.165) is 38.3 Å². The summed E-state index contributed by atoms with van der Waals surface area (Å²) in [6.07, 6.45) is 1.63. The van der Waals surface area contributed by atoms with Crippen LogP contribution in [0.15, 0.2) is 18.2 Å². The summed E-state index contributed by atoms with van der Waals surface area (Å²) in [6, 6.07) is 6.76. The first-order chi connectivity index (χ1) is 12.5. The fraction of sp³-hybridized carbons (Fsp3) is 0.650. The Bertz CT molecular complexity index is 545. The zero-order chi connectivity index (χ0) is 19.5. The van der Waals surface area contributed by atoms with Gasteiger partial charge in [-0.05, 0) is 56.1 Å². The summed E-state index contributed by atoms with van der Waals surface area (Å²) < 4.78 is 0. The van der Waals surface area contributed by atoms with Gasteiger partial charge in [0.15, 0.2) is 0 Å². The maximum atomic E-state index is 10.9. The number of hydrogen-bond acceptors (Lipinski definition) is 3. The van der Waals surface area contributed by atoms with Crippen molar-refractivity contribution in [2.75, 3.05) is 42.8 Å². The van der Waals surface area contributed by atoms with Crippen LogP contribution in [0.25, 0.3) is 0 Å². The summed E-state index contributed by atoms with van der Waals surface area (Å²) in [7, 11) is 0. The lowest BCUT2D eigenvalue weighted by Gasteiger charge is -2.30. The molecule has 0 saturated heterocycles. The summed E-state index contributed by atoms with van der Waals surface area (Å²) in [5, 5.41) is 8.93. The number of carbonyl (C=O) groups is 1. The average molecular weight is 403 g/mol. The van der Waals surface area contributed by atoms with Gasteiger partial charge in [0.1, 0.15) is 0 Å². The maximum absolute atomic E-state index is 10.9. The number of carboxylic acids is 1. The standard InChI is InChI=1S/C20H32Cl2N2O2/c1-4-23(5-2)16(3)19-15-18(24(13-11-21)14-12-22)10-9-17(19)7-6-8-20(25)26/h9-10,15-16H,4-8,11-14H2,1-3H3,(H,25,26). The van der Waals surface area contributed by atoms with E-state index in [1.807, 2.05) is 0 Å². The normalized spacial score (nSPS) is 12.4. The molecule has 26 heavy (non-hydrogen) atoms. The third-order valence-corrected chi connectivity index (χ3v) is 5.19. The first-order valence-corrected chi connectivity index (χ1v) is 10.5. The van der Waals surface area contributed by atoms with Crippen LogP contribution in [0, 0.1) is 0 Å². The van der Waals surface area contributed by atoms with E-state index in [4.69, 9.17) is 28.3 Å². The number of hydrogen-bond donors (Lipinski definition) is 1. The number of alkyl halides is 2. The number of aliphatic carboxylic acids is 1. The van der Waals surface area contributed by atoms with E-state index in [-0.39, 0.29) is 12.5 Å². The van der Waals surface area contributed by atoms with Gasteiger partial charge in [0.25, 0.3) is 0 Å². The third-order valence-electron chi connectivity index (χ3n) is 4.85. The molecule has 0 aliphatic heterocycles. The minimum atomic E-state index is -0.740. The fourth-order valence-corrected chi connectivity index (χ4v) is 3.78. The number of rotatable bonds is 13. The minimum Gasteiger partial charge on any atom is -0.481 e. The predicted octanol–water partition coefficient (Wildman–Crippen LogP) is 4.78. The number of anilines is 1. The molecule has 0 aliphatic carbocycles. The highest BCUT2D eigenvalue weighted by atomic mass is 35.5. The van der Waals surface area contributed by atoms with Gasteiger partial charge in [-0.2, -0.15) is 0 Å². The molecule has 0 saturated carbocycles. The van der Waals surface area contributed by atoms with E-state index in [1.165, 1.54) is 11.1 Å². The molecule has 0 radical (unpaired) electrons. The molecule has 6 heteroatoms. The number of halogens is 2. The molecule has 4 nitrogen and oxygen atoms in total. The van der Waals surface area contributed by atoms with Crippen LogP contribution >= 0.6 is 23.2 Å². The fourth-order valence-electron chi connectivity index (χ4n) is 3.37. The van der Waals surface area contributed by atoms with E-state index in [1.54, 1.807) is 0 Å². The third kappa shape index (κ3) is 6.98. The summed E-state index contributed by atoms with van der Waals surface area (Å²) >= 11 is 11.9. The lowest BCUT2D eigenvalue weighted by atomic mass is 9.95. The Morgan fingerprint density at radius 2 is 1.77 bits per heavy atom. The van der Waals surface area contributed by atoms with Crippen molar-refractivity contribution in [2.24, 2.45) is 0 Å². The average Bonchev–Trinajstić information content (AvgIpc) is 2.62. The second kappa shape index (κ2) is 12.4. The summed E-state index contributed by atoms with van der Waals surface area (Å²) in [5.74, 6) is 0.367. The largest absolute Gasteiger partial charge is 0.481 e. The SMILES string of the molecule is CCN(CC)C(C)c1cc(N(CCCl)CCCl)ccc1CCCC(=O)O. The van der Waals surface area contributed by atoms with E-state index < -0.39 is 5.97 Å². The van der Waals surface area contributed by atoms with Crippen LogP contribution in [0.4, 0.5) is 5.69 Å². The van der Waals surface area contributed by atoms with Crippen molar-refractivity contribution >= 4 is 34.9 Å². The highest BCUT2D eigenvalue weighted by Crippen LogP contribution is 2.29. The number of benzene rings is 1. The Balaban J connectivity index is 3.17. The van der Waals surface area contributed by atoms with Crippen LogP contribution < -0.4 is 4.90 Å². The van der Waals surface area contributed by atoms with Crippen molar-refractivity contribution in [1.29, 1.82) is 0 Å². The van der Waals surface area contributed by atoms with Crippen LogP contribution in [-0.2, 0) is 11.2 Å². The molecule has 1 rings (SSSR count). The van der Waals surface area contributed by atoms with Crippen molar-refractivity contribution in [1.82, 2.24) is 4.90 Å². The van der Waals surface area contributed by atoms with Gasteiger partial charge < -0.3 is 10.0 Å². The van der Waals surface area contributed by atoms with Crippen molar-refractivity contribution in [3.63, 3.8) is 0 Å². The van der Waals surface area contributed by atoms with Crippen LogP contribution in [0.1, 0.15) is 50.8 Å². The van der Waals surface area contributed by atoms with Crippen molar-refractivity contribution in [3.8, 4) is 0 Å². The van der Waals surface area contributed by atoms with E-state index in [9.17, 15) is 4.79 Å². The Morgan fingerprint density at radius 1 is 1.15 bits per heavy atom. The highest BCUT2D eigenvalue weighted by molar-refractivity contribution is 6.18. The van der Waals surface area contributed by atoms with E-state index in [0.29, 0.717) is 18.2 Å². The molecule has 0 spiro atoms. The molecule has 1 aromatic rings. The second-order valence-electron chi connectivity index (χ2n) is 6.39. The quantitative estimate of drug-likeness (QED) is 0.482. The van der Waals surface area contributed by atoms with Crippen LogP contribution in [-0.4, -0.2) is 53.9 Å². The Morgan fingerprint density at radius 3 is 2.27 bits per heavy atom. The lowest BCUT2D eigenvalue weighted by Crippen LogP contribution is -2.29. The molecular weight excluding hydrogens is 371 g/mol. The van der Waals surface area contributed by atoms with Gasteiger partial charge in [0, 0.05) is 43.0 Å². The number of nitrogens with zero attached hydrogens (tertiary/aromatic N) is 2. The van der Waals surface area contributed by atoms with E-state index >= 15 is 0 Å². The van der Waals surface area contributed by atoms with Crippen molar-refractivity contribution < 1.29 is 9.90 Å². The Hall–Kier alpha value is -0.970. The first-order valence-electron chi connectivity index (χ1n) is 9.43. The highest BCUT2D eigenvalue weighted by Gasteiger charge is 2.18. The molecule has 0 heterocycles. The van der Waals surface area contributed by atoms with Gasteiger partial charge in [-0.25, -0.2) is 0 Å². The molecular formula is C20H32Cl2N2O2. The van der Waals surface area contributed by atoms with Gasteiger partial charge in [-0.15, -0.1) is 23.2 Å². The van der Waals surface area contributed by atoms with Crippen molar-refractivity contribution in [3.05, 3.63) is 29.3 Å². The first kappa shape index (κ1) is 23.1. The molecule has 0 amide bonds. The molecule has 1 N–H and O–H groups in total. The smallest absolute Gasteiger partial charge is 0.303 e. The van der Waals surface area contributed by atoms with Gasteiger partial charge in [-0.1, -0.05) is 19.9 Å². The van der Waals surface area contributed by atoms with Crippen LogP contribution in [0.5, 0.6) is 0 Å². The molecule has 1 atom stereocenters.